The van der Waals surface area contributed by atoms with E-state index in [0.717, 1.165) is 30.1 Å². The first kappa shape index (κ1) is 11.4. The molecular formula is C11H15N5O. The number of nitrogen functional groups attached to an aromatic ring is 1. The van der Waals surface area contributed by atoms with E-state index in [0.29, 0.717) is 5.82 Å². The van der Waals surface area contributed by atoms with Crippen molar-refractivity contribution in [3.8, 4) is 0 Å². The van der Waals surface area contributed by atoms with Gasteiger partial charge in [-0.05, 0) is 19.1 Å². The average molecular weight is 233 g/mol. The molecule has 0 atom stereocenters. The largest absolute Gasteiger partial charge is 0.469 e. The van der Waals surface area contributed by atoms with E-state index < -0.39 is 0 Å². The number of nitrogens with two attached hydrogens (primary N) is 1. The van der Waals surface area contributed by atoms with Crippen LogP contribution in [0.15, 0.2) is 29.1 Å². The second-order valence-electron chi connectivity index (χ2n) is 3.60. The quantitative estimate of drug-likeness (QED) is 0.533. The lowest BCUT2D eigenvalue weighted by molar-refractivity contribution is 0.513. The van der Waals surface area contributed by atoms with Crippen LogP contribution in [-0.4, -0.2) is 16.5 Å². The van der Waals surface area contributed by atoms with Crippen LogP contribution in [0.25, 0.3) is 0 Å². The van der Waals surface area contributed by atoms with Crippen LogP contribution in [0.5, 0.6) is 0 Å². The molecule has 2 heterocycles. The Morgan fingerprint density at radius 3 is 2.88 bits per heavy atom. The summed E-state index contributed by atoms with van der Waals surface area (Å²) in [6.45, 7) is 2.65. The highest BCUT2D eigenvalue weighted by molar-refractivity contribution is 5.55. The van der Waals surface area contributed by atoms with Gasteiger partial charge in [0.05, 0.1) is 6.26 Å². The van der Waals surface area contributed by atoms with Crippen LogP contribution in [0.4, 0.5) is 11.6 Å². The van der Waals surface area contributed by atoms with E-state index in [1.807, 2.05) is 19.1 Å². The summed E-state index contributed by atoms with van der Waals surface area (Å²) in [5.74, 6) is 7.69. The van der Waals surface area contributed by atoms with E-state index >= 15 is 0 Å². The highest BCUT2D eigenvalue weighted by atomic mass is 16.3. The highest BCUT2D eigenvalue weighted by Gasteiger charge is 2.05. The van der Waals surface area contributed by atoms with Gasteiger partial charge in [0.15, 0.2) is 0 Å². The molecule has 0 aliphatic rings. The van der Waals surface area contributed by atoms with Crippen molar-refractivity contribution >= 4 is 11.6 Å². The van der Waals surface area contributed by atoms with Crippen molar-refractivity contribution in [1.29, 1.82) is 0 Å². The Balaban J connectivity index is 1.95. The minimum Gasteiger partial charge on any atom is -0.469 e. The molecule has 0 aromatic carbocycles. The second-order valence-corrected chi connectivity index (χ2v) is 3.60. The summed E-state index contributed by atoms with van der Waals surface area (Å²) in [5.41, 5.74) is 3.43. The average Bonchev–Trinajstić information content (AvgIpc) is 2.84. The molecular weight excluding hydrogens is 218 g/mol. The molecule has 2 aromatic rings. The van der Waals surface area contributed by atoms with Gasteiger partial charge < -0.3 is 15.2 Å². The zero-order valence-corrected chi connectivity index (χ0v) is 9.60. The molecule has 0 saturated heterocycles. The predicted molar refractivity (Wildman–Crippen MR) is 65.5 cm³/mol. The molecule has 6 heteroatoms. The molecule has 90 valence electrons. The van der Waals surface area contributed by atoms with Crippen LogP contribution in [-0.2, 0) is 6.42 Å². The van der Waals surface area contributed by atoms with E-state index in [2.05, 4.69) is 20.7 Å². The van der Waals surface area contributed by atoms with Gasteiger partial charge in [-0.1, -0.05) is 0 Å². The fraction of sp³-hybridized carbons (Fsp3) is 0.273. The first-order chi connectivity index (χ1) is 8.31. The zero-order chi connectivity index (χ0) is 12.1. The number of aromatic nitrogens is 2. The molecule has 2 aromatic heterocycles. The first-order valence-corrected chi connectivity index (χ1v) is 5.35. The van der Waals surface area contributed by atoms with E-state index in [9.17, 15) is 0 Å². The fourth-order valence-corrected chi connectivity index (χ4v) is 1.53. The maximum atomic E-state index is 5.34. The maximum absolute atomic E-state index is 5.34. The van der Waals surface area contributed by atoms with Crippen LogP contribution in [0.3, 0.4) is 0 Å². The fourth-order valence-electron chi connectivity index (χ4n) is 1.53. The van der Waals surface area contributed by atoms with Crippen LogP contribution in [0.1, 0.15) is 11.3 Å². The van der Waals surface area contributed by atoms with E-state index in [1.54, 1.807) is 6.26 Å². The third kappa shape index (κ3) is 2.73. The van der Waals surface area contributed by atoms with E-state index in [-0.39, 0.29) is 0 Å². The number of anilines is 2. The summed E-state index contributed by atoms with van der Waals surface area (Å²) in [6, 6.07) is 3.82. The van der Waals surface area contributed by atoms with Crippen molar-refractivity contribution in [3.63, 3.8) is 0 Å². The number of furan rings is 1. The number of hydrogen-bond acceptors (Lipinski definition) is 6. The minimum absolute atomic E-state index is 0.625. The van der Waals surface area contributed by atoms with Crippen molar-refractivity contribution in [1.82, 2.24) is 9.97 Å². The number of rotatable bonds is 5. The molecule has 0 unspecified atom stereocenters. The highest BCUT2D eigenvalue weighted by Crippen LogP contribution is 2.16. The van der Waals surface area contributed by atoms with E-state index in [4.69, 9.17) is 10.3 Å². The van der Waals surface area contributed by atoms with Gasteiger partial charge in [-0.2, -0.15) is 0 Å². The monoisotopic (exact) mass is 233 g/mol. The van der Waals surface area contributed by atoms with Gasteiger partial charge in [0.25, 0.3) is 0 Å². The number of hydrazine groups is 1. The zero-order valence-electron chi connectivity index (χ0n) is 9.60. The number of hydrogen-bond donors (Lipinski definition) is 3. The molecule has 0 bridgehead atoms. The third-order valence-corrected chi connectivity index (χ3v) is 2.46. The topological polar surface area (TPSA) is 89.0 Å². The van der Waals surface area contributed by atoms with Crippen molar-refractivity contribution in [2.75, 3.05) is 17.3 Å². The van der Waals surface area contributed by atoms with Gasteiger partial charge in [-0.25, -0.2) is 15.8 Å². The minimum atomic E-state index is 0.625. The Morgan fingerprint density at radius 1 is 1.35 bits per heavy atom. The summed E-state index contributed by atoms with van der Waals surface area (Å²) < 4.78 is 5.24. The molecule has 0 aliphatic heterocycles. The molecule has 0 fully saturated rings. The summed E-state index contributed by atoms with van der Waals surface area (Å²) in [4.78, 5) is 8.17. The Kier molecular flexibility index (Phi) is 3.56. The lowest BCUT2D eigenvalue weighted by Crippen LogP contribution is -2.13. The molecule has 6 nitrogen and oxygen atoms in total. The van der Waals surface area contributed by atoms with Gasteiger partial charge in [0, 0.05) is 18.5 Å². The van der Waals surface area contributed by atoms with Crippen LogP contribution < -0.4 is 16.6 Å². The summed E-state index contributed by atoms with van der Waals surface area (Å²) in [7, 11) is 0. The Bertz CT molecular complexity index is 469. The third-order valence-electron chi connectivity index (χ3n) is 2.46. The van der Waals surface area contributed by atoms with Crippen molar-refractivity contribution < 1.29 is 4.42 Å². The van der Waals surface area contributed by atoms with Gasteiger partial charge in [-0.3, -0.25) is 0 Å². The molecule has 0 amide bonds. The summed E-state index contributed by atoms with van der Waals surface area (Å²) in [5, 5.41) is 3.22. The molecule has 0 aliphatic carbocycles. The standard InChI is InChI=1S/C11H15N5O/c1-8-10(14-7-15-11(8)16-12)13-5-4-9-3-2-6-17-9/h2-3,6-7H,4-5,12H2,1H3,(H2,13,14,15,16). The smallest absolute Gasteiger partial charge is 0.148 e. The van der Waals surface area contributed by atoms with Gasteiger partial charge in [0.1, 0.15) is 23.7 Å². The van der Waals surface area contributed by atoms with Gasteiger partial charge >= 0.3 is 0 Å². The second kappa shape index (κ2) is 5.31. The molecule has 0 saturated carbocycles. The Hall–Kier alpha value is -2.08. The molecule has 2 rings (SSSR count). The van der Waals surface area contributed by atoms with Crippen LogP contribution in [0, 0.1) is 6.92 Å². The summed E-state index contributed by atoms with van der Waals surface area (Å²) >= 11 is 0. The van der Waals surface area contributed by atoms with Gasteiger partial charge in [0.2, 0.25) is 0 Å². The molecule has 17 heavy (non-hydrogen) atoms. The number of nitrogens with one attached hydrogen (secondary N) is 2. The first-order valence-electron chi connectivity index (χ1n) is 5.35. The lowest BCUT2D eigenvalue weighted by atomic mass is 10.3. The van der Waals surface area contributed by atoms with Crippen molar-refractivity contribution in [3.05, 3.63) is 36.0 Å². The van der Waals surface area contributed by atoms with Crippen molar-refractivity contribution in [2.45, 2.75) is 13.3 Å². The van der Waals surface area contributed by atoms with E-state index in [1.165, 1.54) is 6.33 Å². The Morgan fingerprint density at radius 2 is 2.18 bits per heavy atom. The maximum Gasteiger partial charge on any atom is 0.148 e. The van der Waals surface area contributed by atoms with Crippen molar-refractivity contribution in [2.24, 2.45) is 5.84 Å². The molecule has 0 radical (unpaired) electrons. The number of nitrogens with zero attached hydrogens (tertiary/aromatic N) is 2. The normalized spacial score (nSPS) is 10.2. The summed E-state index contributed by atoms with van der Waals surface area (Å²) in [6.07, 6.45) is 3.95. The Labute approximate surface area is 99.2 Å². The SMILES string of the molecule is Cc1c(NN)ncnc1NCCc1ccco1. The predicted octanol–water partition coefficient (Wildman–Crippen LogP) is 1.32. The van der Waals surface area contributed by atoms with Crippen LogP contribution in [0.2, 0.25) is 0 Å². The molecule has 0 spiro atoms. The van der Waals surface area contributed by atoms with Gasteiger partial charge in [-0.15, -0.1) is 0 Å². The van der Waals surface area contributed by atoms with Crippen LogP contribution >= 0.6 is 0 Å². The molecule has 4 N–H and O–H groups in total. The lowest BCUT2D eigenvalue weighted by Gasteiger charge is -2.10.